The number of likely N-dealkylation sites (tertiary alicyclic amines) is 1. The third-order valence-corrected chi connectivity index (χ3v) is 7.67. The highest BCUT2D eigenvalue weighted by molar-refractivity contribution is 7.15. The molecular weight excluding hydrogens is 460 g/mol. The number of hydrogen-bond acceptors (Lipinski definition) is 7. The number of para-hydroxylation sites is 2. The van der Waals surface area contributed by atoms with Crippen molar-refractivity contribution in [3.8, 4) is 0 Å². The molecule has 0 atom stereocenters. The number of nitrogens with zero attached hydrogens (tertiary/aromatic N) is 5. The highest BCUT2D eigenvalue weighted by Crippen LogP contribution is 2.24. The molecule has 9 heteroatoms. The highest BCUT2D eigenvalue weighted by Gasteiger charge is 2.22. The third kappa shape index (κ3) is 4.37. The minimum Gasteiger partial charge on any atom is -0.467 e. The topological polar surface area (TPSA) is 80.6 Å². The van der Waals surface area contributed by atoms with E-state index in [0.717, 1.165) is 77.9 Å². The van der Waals surface area contributed by atoms with Gasteiger partial charge in [-0.1, -0.05) is 12.1 Å². The first-order valence-corrected chi connectivity index (χ1v) is 13.0. The van der Waals surface area contributed by atoms with Crippen LogP contribution in [0.25, 0.3) is 16.0 Å². The molecule has 180 valence electrons. The van der Waals surface area contributed by atoms with Gasteiger partial charge < -0.3 is 19.2 Å². The molecule has 1 aromatic carbocycles. The fourth-order valence-corrected chi connectivity index (χ4v) is 5.72. The second-order valence-corrected chi connectivity index (χ2v) is 10.0. The number of benzene rings is 1. The van der Waals surface area contributed by atoms with Crippen molar-refractivity contribution < 1.29 is 4.42 Å². The number of fused-ring (bicyclic) bond motifs is 2. The smallest absolute Gasteiger partial charge is 0.261 e. The number of hydrogen-bond donors (Lipinski definition) is 1. The summed E-state index contributed by atoms with van der Waals surface area (Å²) in [5.41, 5.74) is 3.83. The number of piperidine rings is 1. The molecule has 1 fully saturated rings. The van der Waals surface area contributed by atoms with Gasteiger partial charge in [0.1, 0.15) is 5.76 Å². The monoisotopic (exact) mass is 488 g/mol. The number of aromatic nitrogens is 4. The van der Waals surface area contributed by atoms with Crippen molar-refractivity contribution >= 4 is 33.3 Å². The van der Waals surface area contributed by atoms with E-state index < -0.39 is 0 Å². The van der Waals surface area contributed by atoms with Gasteiger partial charge in [-0.25, -0.2) is 9.97 Å². The van der Waals surface area contributed by atoms with Gasteiger partial charge in [-0.3, -0.25) is 9.20 Å². The Morgan fingerprint density at radius 2 is 2.00 bits per heavy atom. The lowest BCUT2D eigenvalue weighted by atomic mass is 10.0. The lowest BCUT2D eigenvalue weighted by Crippen LogP contribution is -2.40. The van der Waals surface area contributed by atoms with Gasteiger partial charge in [0.2, 0.25) is 5.95 Å². The Kier molecular flexibility index (Phi) is 5.87. The van der Waals surface area contributed by atoms with Crippen LogP contribution in [0.2, 0.25) is 0 Å². The predicted molar refractivity (Wildman–Crippen MR) is 138 cm³/mol. The van der Waals surface area contributed by atoms with E-state index in [1.807, 2.05) is 42.8 Å². The molecule has 1 N–H and O–H groups in total. The Bertz CT molecular complexity index is 1510. The molecule has 1 saturated heterocycles. The molecule has 5 heterocycles. The second-order valence-electron chi connectivity index (χ2n) is 9.14. The van der Waals surface area contributed by atoms with Crippen molar-refractivity contribution in [1.29, 1.82) is 0 Å². The van der Waals surface area contributed by atoms with E-state index in [2.05, 4.69) is 31.9 Å². The summed E-state index contributed by atoms with van der Waals surface area (Å²) < 4.78 is 9.47. The van der Waals surface area contributed by atoms with Gasteiger partial charge in [-0.15, -0.1) is 11.3 Å². The first-order valence-electron chi connectivity index (χ1n) is 12.1. The van der Waals surface area contributed by atoms with Crippen LogP contribution < -0.4 is 10.9 Å². The van der Waals surface area contributed by atoms with Crippen LogP contribution in [0, 0.1) is 6.92 Å². The average molecular weight is 489 g/mol. The largest absolute Gasteiger partial charge is 0.467 e. The molecule has 1 aliphatic rings. The molecule has 0 aliphatic carbocycles. The van der Waals surface area contributed by atoms with E-state index in [0.29, 0.717) is 12.6 Å². The maximum Gasteiger partial charge on any atom is 0.261 e. The first-order chi connectivity index (χ1) is 17.2. The minimum absolute atomic E-state index is 0.0702. The van der Waals surface area contributed by atoms with Crippen molar-refractivity contribution in [3.63, 3.8) is 0 Å². The molecule has 0 spiro atoms. The molecule has 0 radical (unpaired) electrons. The average Bonchev–Trinajstić information content (AvgIpc) is 3.62. The van der Waals surface area contributed by atoms with Crippen molar-refractivity contribution in [1.82, 2.24) is 23.8 Å². The highest BCUT2D eigenvalue weighted by atomic mass is 32.1. The Hall–Kier alpha value is -3.43. The van der Waals surface area contributed by atoms with Crippen LogP contribution in [0.1, 0.15) is 29.9 Å². The Morgan fingerprint density at radius 3 is 2.83 bits per heavy atom. The van der Waals surface area contributed by atoms with E-state index in [4.69, 9.17) is 9.40 Å². The van der Waals surface area contributed by atoms with E-state index >= 15 is 0 Å². The summed E-state index contributed by atoms with van der Waals surface area (Å²) in [5.74, 6) is 1.80. The zero-order valence-electron chi connectivity index (χ0n) is 19.7. The molecule has 0 amide bonds. The summed E-state index contributed by atoms with van der Waals surface area (Å²) in [6, 6.07) is 12.5. The number of nitrogens with one attached hydrogen (secondary N) is 1. The molecule has 0 unspecified atom stereocenters. The van der Waals surface area contributed by atoms with Gasteiger partial charge in [-0.2, -0.15) is 0 Å². The van der Waals surface area contributed by atoms with Crippen LogP contribution >= 0.6 is 11.3 Å². The van der Waals surface area contributed by atoms with Gasteiger partial charge in [0.25, 0.3) is 5.56 Å². The summed E-state index contributed by atoms with van der Waals surface area (Å²) in [7, 11) is 0. The van der Waals surface area contributed by atoms with E-state index in [-0.39, 0.29) is 5.56 Å². The Balaban J connectivity index is 1.11. The molecule has 1 aliphatic heterocycles. The third-order valence-electron chi connectivity index (χ3n) is 6.91. The van der Waals surface area contributed by atoms with Crippen molar-refractivity contribution in [3.05, 3.63) is 81.6 Å². The fourth-order valence-electron chi connectivity index (χ4n) is 4.96. The number of rotatable bonds is 7. The molecule has 8 nitrogen and oxygen atoms in total. The number of aryl methyl sites for hydroxylation is 1. The van der Waals surface area contributed by atoms with E-state index in [1.165, 1.54) is 11.3 Å². The van der Waals surface area contributed by atoms with E-state index in [1.54, 1.807) is 10.7 Å². The lowest BCUT2D eigenvalue weighted by Gasteiger charge is -2.32. The van der Waals surface area contributed by atoms with Gasteiger partial charge in [0.05, 0.1) is 23.8 Å². The molecule has 5 aromatic rings. The van der Waals surface area contributed by atoms with Gasteiger partial charge in [-0.05, 0) is 50.5 Å². The maximum absolute atomic E-state index is 12.8. The fraction of sp³-hybridized carbons (Fsp3) is 0.346. The van der Waals surface area contributed by atoms with Crippen LogP contribution in [0.4, 0.5) is 5.95 Å². The summed E-state index contributed by atoms with van der Waals surface area (Å²) in [5, 5.41) is 5.61. The van der Waals surface area contributed by atoms with Crippen LogP contribution in [-0.4, -0.2) is 49.5 Å². The summed E-state index contributed by atoms with van der Waals surface area (Å²) >= 11 is 1.50. The van der Waals surface area contributed by atoms with E-state index in [9.17, 15) is 4.79 Å². The van der Waals surface area contributed by atoms with Crippen molar-refractivity contribution in [2.45, 2.75) is 38.8 Å². The van der Waals surface area contributed by atoms with Crippen LogP contribution in [-0.2, 0) is 13.0 Å². The first kappa shape index (κ1) is 22.1. The molecule has 35 heavy (non-hydrogen) atoms. The molecule has 6 rings (SSSR count). The molecule has 4 aromatic heterocycles. The Morgan fingerprint density at radius 1 is 1.14 bits per heavy atom. The van der Waals surface area contributed by atoms with Gasteiger partial charge >= 0.3 is 0 Å². The maximum atomic E-state index is 12.8. The zero-order valence-corrected chi connectivity index (χ0v) is 20.5. The van der Waals surface area contributed by atoms with Crippen LogP contribution in [0.5, 0.6) is 0 Å². The van der Waals surface area contributed by atoms with Gasteiger partial charge in [0.15, 0.2) is 4.96 Å². The lowest BCUT2D eigenvalue weighted by molar-refractivity contribution is 0.220. The molecule has 0 saturated carbocycles. The SMILES string of the molecule is Cc1nc2sccn2c(=O)c1CCN1CCC(Nc2nc3ccccc3n2Cc2ccco2)CC1. The number of furan rings is 1. The predicted octanol–water partition coefficient (Wildman–Crippen LogP) is 4.17. The van der Waals surface area contributed by atoms with Gasteiger partial charge in [0, 0.05) is 48.5 Å². The minimum atomic E-state index is 0.0702. The molecule has 0 bridgehead atoms. The zero-order chi connectivity index (χ0) is 23.8. The summed E-state index contributed by atoms with van der Waals surface area (Å²) in [4.78, 5) is 25.5. The molecular formula is C26H28N6O2S. The summed E-state index contributed by atoms with van der Waals surface area (Å²) in [6.07, 6.45) is 6.32. The van der Waals surface area contributed by atoms with Crippen LogP contribution in [0.3, 0.4) is 0 Å². The number of anilines is 1. The number of imidazole rings is 1. The standard InChI is InChI=1S/C26H28N6O2S/c1-18-21(24(33)31-14-16-35-26(31)27-18)10-13-30-11-8-19(9-12-30)28-25-29-22-6-2-3-7-23(22)32(25)17-20-5-4-15-34-20/h2-7,14-16,19H,8-13,17H2,1H3,(H,28,29). The van der Waals surface area contributed by atoms with Crippen molar-refractivity contribution in [2.24, 2.45) is 0 Å². The van der Waals surface area contributed by atoms with Crippen molar-refractivity contribution in [2.75, 3.05) is 25.0 Å². The second kappa shape index (κ2) is 9.31. The number of thiazole rings is 1. The van der Waals surface area contributed by atoms with Crippen LogP contribution in [0.15, 0.2) is 63.4 Å². The summed E-state index contributed by atoms with van der Waals surface area (Å²) in [6.45, 7) is 5.44. The quantitative estimate of drug-likeness (QED) is 0.370. The Labute approximate surface area is 206 Å². The normalized spacial score (nSPS) is 15.3.